The van der Waals surface area contributed by atoms with Crippen molar-refractivity contribution < 1.29 is 4.74 Å². The third kappa shape index (κ3) is 4.21. The van der Waals surface area contributed by atoms with Crippen LogP contribution in [-0.2, 0) is 6.61 Å². The van der Waals surface area contributed by atoms with Gasteiger partial charge in [-0.1, -0.05) is 36.4 Å². The Morgan fingerprint density at radius 3 is 2.38 bits per heavy atom. The van der Waals surface area contributed by atoms with Gasteiger partial charge in [0.2, 0.25) is 0 Å². The molecule has 0 saturated carbocycles. The maximum Gasteiger partial charge on any atom is 0.120 e. The zero-order chi connectivity index (χ0) is 18.5. The van der Waals surface area contributed by atoms with E-state index in [1.54, 1.807) is 16.8 Å². The van der Waals surface area contributed by atoms with Crippen LogP contribution in [-0.4, -0.2) is 13.3 Å². The Kier molecular flexibility index (Phi) is 5.86. The number of hydrogen-bond acceptors (Lipinski definition) is 4. The van der Waals surface area contributed by atoms with Gasteiger partial charge in [-0.05, 0) is 60.2 Å². The minimum absolute atomic E-state index is 0.485. The molecule has 3 aromatic rings. The van der Waals surface area contributed by atoms with E-state index in [1.807, 2.05) is 31.3 Å². The van der Waals surface area contributed by atoms with E-state index in [0.717, 1.165) is 22.6 Å². The Labute approximate surface area is 159 Å². The van der Waals surface area contributed by atoms with Gasteiger partial charge in [0.1, 0.15) is 12.4 Å². The Morgan fingerprint density at radius 2 is 1.69 bits per heavy atom. The minimum Gasteiger partial charge on any atom is -0.489 e. The molecular weight excluding hydrogens is 340 g/mol. The predicted molar refractivity (Wildman–Crippen MR) is 112 cm³/mol. The lowest BCUT2D eigenvalue weighted by Gasteiger charge is -2.19. The van der Waals surface area contributed by atoms with E-state index in [1.165, 1.54) is 16.0 Å². The molecule has 0 aromatic heterocycles. The Balaban J connectivity index is 1.80. The van der Waals surface area contributed by atoms with Gasteiger partial charge >= 0.3 is 0 Å². The zero-order valence-corrected chi connectivity index (χ0v) is 16.2. The number of nitrogens with two attached hydrogens (primary N) is 1. The van der Waals surface area contributed by atoms with Crippen LogP contribution in [0.1, 0.15) is 11.1 Å². The lowest BCUT2D eigenvalue weighted by atomic mass is 10.1. The molecule has 0 aliphatic carbocycles. The molecule has 26 heavy (non-hydrogen) atoms. The van der Waals surface area contributed by atoms with Crippen molar-refractivity contribution in [1.29, 1.82) is 0 Å². The Morgan fingerprint density at radius 1 is 0.962 bits per heavy atom. The largest absolute Gasteiger partial charge is 0.489 e. The molecule has 2 N–H and O–H groups in total. The Hall–Kier alpha value is -2.43. The highest BCUT2D eigenvalue weighted by atomic mass is 32.2. The van der Waals surface area contributed by atoms with Crippen LogP contribution in [0.4, 0.5) is 5.69 Å². The number of benzene rings is 3. The van der Waals surface area contributed by atoms with Crippen molar-refractivity contribution in [3.63, 3.8) is 0 Å². The second-order valence-corrected chi connectivity index (χ2v) is 7.11. The van der Waals surface area contributed by atoms with Gasteiger partial charge in [0, 0.05) is 17.5 Å². The highest BCUT2D eigenvalue weighted by Crippen LogP contribution is 2.28. The van der Waals surface area contributed by atoms with Crippen LogP contribution < -0.4 is 15.6 Å². The number of hydrogen-bond donors (Lipinski definition) is 1. The second-order valence-electron chi connectivity index (χ2n) is 6.23. The van der Waals surface area contributed by atoms with Crippen molar-refractivity contribution in [2.45, 2.75) is 18.4 Å². The van der Waals surface area contributed by atoms with Gasteiger partial charge in [-0.2, -0.15) is 0 Å². The normalized spacial score (nSPS) is 10.6. The third-order valence-corrected chi connectivity index (χ3v) is 5.15. The molecule has 134 valence electrons. The molecule has 3 aromatic carbocycles. The van der Waals surface area contributed by atoms with Gasteiger partial charge in [0.05, 0.1) is 5.69 Å². The molecule has 0 fully saturated rings. The van der Waals surface area contributed by atoms with Crippen molar-refractivity contribution in [3.05, 3.63) is 77.9 Å². The van der Waals surface area contributed by atoms with Crippen LogP contribution >= 0.6 is 11.8 Å². The van der Waals surface area contributed by atoms with E-state index in [9.17, 15) is 0 Å². The van der Waals surface area contributed by atoms with Crippen LogP contribution in [0.2, 0.25) is 0 Å². The van der Waals surface area contributed by atoms with Crippen LogP contribution in [0.5, 0.6) is 5.75 Å². The molecule has 3 rings (SSSR count). The summed E-state index contributed by atoms with van der Waals surface area (Å²) in [7, 11) is 1.84. The van der Waals surface area contributed by atoms with Gasteiger partial charge in [0.25, 0.3) is 0 Å². The summed E-state index contributed by atoms with van der Waals surface area (Å²) >= 11 is 1.75. The summed E-state index contributed by atoms with van der Waals surface area (Å²) in [4.78, 5) is 1.26. The first kappa shape index (κ1) is 18.4. The van der Waals surface area contributed by atoms with E-state index < -0.39 is 0 Å². The van der Waals surface area contributed by atoms with E-state index in [-0.39, 0.29) is 0 Å². The molecule has 0 atom stereocenters. The number of hydrazine groups is 1. The summed E-state index contributed by atoms with van der Waals surface area (Å²) in [5.74, 6) is 6.80. The highest BCUT2D eigenvalue weighted by molar-refractivity contribution is 7.98. The van der Waals surface area contributed by atoms with E-state index in [0.29, 0.717) is 6.61 Å². The van der Waals surface area contributed by atoms with Gasteiger partial charge in [-0.15, -0.1) is 11.8 Å². The first-order valence-corrected chi connectivity index (χ1v) is 9.75. The van der Waals surface area contributed by atoms with Crippen LogP contribution in [0, 0.1) is 6.92 Å². The van der Waals surface area contributed by atoms with Crippen molar-refractivity contribution in [2.75, 3.05) is 18.3 Å². The van der Waals surface area contributed by atoms with E-state index >= 15 is 0 Å². The maximum atomic E-state index is 6.08. The van der Waals surface area contributed by atoms with Crippen molar-refractivity contribution in [1.82, 2.24) is 0 Å². The van der Waals surface area contributed by atoms with E-state index in [4.69, 9.17) is 10.6 Å². The number of thioether (sulfide) groups is 1. The standard InChI is InChI=1S/C22H24N2OS/c1-16-6-4-9-22(24(2)23)21(16)15-25-19-8-5-7-18(14-19)17-10-12-20(26-3)13-11-17/h4-14H,15,23H2,1-3H3. The molecule has 0 heterocycles. The number of ether oxygens (including phenoxy) is 1. The molecule has 0 amide bonds. The van der Waals surface area contributed by atoms with Gasteiger partial charge in [-0.3, -0.25) is 0 Å². The summed E-state index contributed by atoms with van der Waals surface area (Å²) < 4.78 is 6.08. The lowest BCUT2D eigenvalue weighted by Crippen LogP contribution is -2.26. The van der Waals surface area contributed by atoms with Crippen LogP contribution in [0.3, 0.4) is 0 Å². The molecular formula is C22H24N2OS. The fourth-order valence-electron chi connectivity index (χ4n) is 2.91. The molecule has 0 saturated heterocycles. The maximum absolute atomic E-state index is 6.08. The lowest BCUT2D eigenvalue weighted by molar-refractivity contribution is 0.306. The Bertz CT molecular complexity index is 876. The first-order chi connectivity index (χ1) is 12.6. The van der Waals surface area contributed by atoms with Crippen molar-refractivity contribution >= 4 is 17.4 Å². The summed E-state index contributed by atoms with van der Waals surface area (Å²) in [5, 5.41) is 1.63. The topological polar surface area (TPSA) is 38.5 Å². The first-order valence-electron chi connectivity index (χ1n) is 8.52. The van der Waals surface area contributed by atoms with Crippen LogP contribution in [0.15, 0.2) is 71.6 Å². The minimum atomic E-state index is 0.485. The van der Waals surface area contributed by atoms with E-state index in [2.05, 4.69) is 55.6 Å². The summed E-state index contributed by atoms with van der Waals surface area (Å²) in [6, 6.07) is 22.9. The highest BCUT2D eigenvalue weighted by Gasteiger charge is 2.09. The van der Waals surface area contributed by atoms with Crippen molar-refractivity contribution in [2.24, 2.45) is 5.84 Å². The second kappa shape index (κ2) is 8.30. The number of rotatable bonds is 6. The molecule has 0 bridgehead atoms. The quantitative estimate of drug-likeness (QED) is 0.367. The molecule has 0 aliphatic heterocycles. The molecule has 3 nitrogen and oxygen atoms in total. The summed E-state index contributed by atoms with van der Waals surface area (Å²) in [5.41, 5.74) is 5.59. The smallest absolute Gasteiger partial charge is 0.120 e. The van der Waals surface area contributed by atoms with Crippen molar-refractivity contribution in [3.8, 4) is 16.9 Å². The predicted octanol–water partition coefficient (Wildman–Crippen LogP) is 5.27. The molecule has 0 spiro atoms. The third-order valence-electron chi connectivity index (χ3n) is 4.41. The molecule has 4 heteroatoms. The number of anilines is 1. The summed E-state index contributed by atoms with van der Waals surface area (Å²) in [6.45, 7) is 2.56. The molecule has 0 aliphatic rings. The van der Waals surface area contributed by atoms with Gasteiger partial charge < -0.3 is 9.75 Å². The molecule has 0 radical (unpaired) electrons. The fourth-order valence-corrected chi connectivity index (χ4v) is 3.32. The monoisotopic (exact) mass is 364 g/mol. The van der Waals surface area contributed by atoms with Gasteiger partial charge in [0.15, 0.2) is 0 Å². The van der Waals surface area contributed by atoms with Gasteiger partial charge in [-0.25, -0.2) is 5.84 Å². The zero-order valence-electron chi connectivity index (χ0n) is 15.4. The average molecular weight is 365 g/mol. The summed E-state index contributed by atoms with van der Waals surface area (Å²) in [6.07, 6.45) is 2.09. The fraction of sp³-hybridized carbons (Fsp3) is 0.182. The SMILES string of the molecule is CSc1ccc(-c2cccc(OCc3c(C)cccc3N(C)N)c2)cc1. The molecule has 0 unspecified atom stereocenters. The number of nitrogens with zero attached hydrogens (tertiary/aromatic N) is 1. The van der Waals surface area contributed by atoms with Crippen LogP contribution in [0.25, 0.3) is 11.1 Å². The average Bonchev–Trinajstić information content (AvgIpc) is 2.67. The number of aryl methyl sites for hydroxylation is 1.